The van der Waals surface area contributed by atoms with Gasteiger partial charge in [-0.15, -0.1) is 24.0 Å². The molecule has 0 N–H and O–H groups in total. The minimum atomic E-state index is -0.304. The van der Waals surface area contributed by atoms with Crippen LogP contribution in [0.5, 0.6) is 5.75 Å². The van der Waals surface area contributed by atoms with E-state index in [4.69, 9.17) is 4.74 Å². The molecule has 15 heavy (non-hydrogen) atoms. The molecule has 0 saturated heterocycles. The van der Waals surface area contributed by atoms with E-state index in [0.29, 0.717) is 21.3 Å². The first-order valence-electron chi connectivity index (χ1n) is 4.19. The van der Waals surface area contributed by atoms with Crippen molar-refractivity contribution in [3.8, 4) is 16.3 Å². The summed E-state index contributed by atoms with van der Waals surface area (Å²) in [4.78, 5) is 4.17. The molecule has 0 unspecified atom stereocenters. The molecule has 0 saturated carbocycles. The quantitative estimate of drug-likeness (QED) is 0.815. The number of halogens is 1. The van der Waals surface area contributed by atoms with E-state index >= 15 is 0 Å². The van der Waals surface area contributed by atoms with E-state index in [1.54, 1.807) is 18.6 Å². The van der Waals surface area contributed by atoms with E-state index in [0.717, 1.165) is 0 Å². The molecule has 1 aromatic heterocycles. The van der Waals surface area contributed by atoms with Gasteiger partial charge in [-0.2, -0.15) is 0 Å². The average molecular weight is 241 g/mol. The van der Waals surface area contributed by atoms with Gasteiger partial charge in [-0.1, -0.05) is 0 Å². The summed E-state index contributed by atoms with van der Waals surface area (Å²) in [6, 6.07) is 4.35. The number of benzene rings is 1. The lowest BCUT2D eigenvalue weighted by Crippen LogP contribution is -1.88. The molecule has 5 heteroatoms. The van der Waals surface area contributed by atoms with E-state index in [2.05, 4.69) is 17.6 Å². The summed E-state index contributed by atoms with van der Waals surface area (Å²) in [6.45, 7) is 0. The summed E-state index contributed by atoms with van der Waals surface area (Å²) >= 11 is 5.52. The molecule has 0 spiro atoms. The Balaban J connectivity index is 2.55. The number of nitrogens with zero attached hydrogens (tertiary/aromatic N) is 1. The van der Waals surface area contributed by atoms with Crippen molar-refractivity contribution in [1.82, 2.24) is 4.98 Å². The van der Waals surface area contributed by atoms with Crippen molar-refractivity contribution in [1.29, 1.82) is 0 Å². The number of hydrogen-bond donors (Lipinski definition) is 1. The van der Waals surface area contributed by atoms with Crippen LogP contribution in [-0.4, -0.2) is 12.1 Å². The van der Waals surface area contributed by atoms with Gasteiger partial charge in [-0.25, -0.2) is 9.37 Å². The zero-order chi connectivity index (χ0) is 10.8. The highest BCUT2D eigenvalue weighted by molar-refractivity contribution is 7.80. The number of methoxy groups -OCH3 is 1. The van der Waals surface area contributed by atoms with Gasteiger partial charge in [0.1, 0.15) is 21.6 Å². The van der Waals surface area contributed by atoms with E-state index in [1.165, 1.54) is 23.5 Å². The van der Waals surface area contributed by atoms with Crippen LogP contribution in [0.3, 0.4) is 0 Å². The molecule has 0 radical (unpaired) electrons. The zero-order valence-electron chi connectivity index (χ0n) is 7.90. The number of rotatable bonds is 2. The molecule has 0 amide bonds. The average Bonchev–Trinajstić information content (AvgIpc) is 2.65. The second kappa shape index (κ2) is 4.20. The van der Waals surface area contributed by atoms with Gasteiger partial charge in [0.2, 0.25) is 0 Å². The van der Waals surface area contributed by atoms with Crippen molar-refractivity contribution in [2.45, 2.75) is 5.03 Å². The molecule has 2 rings (SSSR count). The zero-order valence-corrected chi connectivity index (χ0v) is 9.61. The molecule has 0 aliphatic rings. The van der Waals surface area contributed by atoms with Crippen LogP contribution < -0.4 is 4.74 Å². The first-order valence-corrected chi connectivity index (χ1v) is 5.52. The molecule has 2 aromatic rings. The van der Waals surface area contributed by atoms with Crippen LogP contribution in [0.1, 0.15) is 0 Å². The molecule has 78 valence electrons. The number of thiol groups is 1. The van der Waals surface area contributed by atoms with E-state index < -0.39 is 0 Å². The third kappa shape index (κ3) is 2.13. The minimum absolute atomic E-state index is 0.304. The third-order valence-corrected chi connectivity index (χ3v) is 3.16. The standard InChI is InChI=1S/C10H8FNOS2/c1-13-8-3-2-6(11)4-7(8)10-12-9(14)5-15-10/h2-5,14H,1H3. The van der Waals surface area contributed by atoms with Gasteiger partial charge in [-0.05, 0) is 18.2 Å². The molecular formula is C10H8FNOS2. The Morgan fingerprint density at radius 3 is 2.87 bits per heavy atom. The number of ether oxygens (including phenoxy) is 1. The second-order valence-corrected chi connectivity index (χ2v) is 4.17. The van der Waals surface area contributed by atoms with Crippen molar-refractivity contribution in [2.75, 3.05) is 7.11 Å². The minimum Gasteiger partial charge on any atom is -0.496 e. The highest BCUT2D eigenvalue weighted by Crippen LogP contribution is 2.33. The first kappa shape index (κ1) is 10.4. The van der Waals surface area contributed by atoms with Crippen LogP contribution in [0.25, 0.3) is 10.6 Å². The van der Waals surface area contributed by atoms with Crippen LogP contribution in [0, 0.1) is 5.82 Å². The van der Waals surface area contributed by atoms with Gasteiger partial charge < -0.3 is 4.74 Å². The van der Waals surface area contributed by atoms with Crippen LogP contribution in [0.15, 0.2) is 28.6 Å². The summed E-state index contributed by atoms with van der Waals surface area (Å²) in [5, 5.41) is 3.13. The maximum Gasteiger partial charge on any atom is 0.129 e. The monoisotopic (exact) mass is 241 g/mol. The summed E-state index contributed by atoms with van der Waals surface area (Å²) in [7, 11) is 1.55. The van der Waals surface area contributed by atoms with Gasteiger partial charge in [0.25, 0.3) is 0 Å². The van der Waals surface area contributed by atoms with Crippen molar-refractivity contribution >= 4 is 24.0 Å². The third-order valence-electron chi connectivity index (χ3n) is 1.88. The van der Waals surface area contributed by atoms with Crippen LogP contribution in [0.2, 0.25) is 0 Å². The highest BCUT2D eigenvalue weighted by atomic mass is 32.1. The maximum absolute atomic E-state index is 13.1. The number of thiazole rings is 1. The molecular weight excluding hydrogens is 233 g/mol. The Kier molecular flexibility index (Phi) is 2.93. The lowest BCUT2D eigenvalue weighted by molar-refractivity contribution is 0.415. The lowest BCUT2D eigenvalue weighted by atomic mass is 10.2. The van der Waals surface area contributed by atoms with Crippen LogP contribution >= 0.6 is 24.0 Å². The van der Waals surface area contributed by atoms with Crippen molar-refractivity contribution in [2.24, 2.45) is 0 Å². The van der Waals surface area contributed by atoms with E-state index in [-0.39, 0.29) is 5.82 Å². The van der Waals surface area contributed by atoms with Crippen LogP contribution in [-0.2, 0) is 0 Å². The van der Waals surface area contributed by atoms with E-state index in [1.807, 2.05) is 0 Å². The predicted molar refractivity (Wildman–Crippen MR) is 61.3 cm³/mol. The van der Waals surface area contributed by atoms with Gasteiger partial charge in [-0.3, -0.25) is 0 Å². The molecule has 1 aromatic carbocycles. The summed E-state index contributed by atoms with van der Waals surface area (Å²) in [5.74, 6) is 0.306. The fourth-order valence-corrected chi connectivity index (χ4v) is 2.27. The maximum atomic E-state index is 13.1. The highest BCUT2D eigenvalue weighted by Gasteiger charge is 2.10. The predicted octanol–water partition coefficient (Wildman–Crippen LogP) is 3.25. The molecule has 2 nitrogen and oxygen atoms in total. The van der Waals surface area contributed by atoms with E-state index in [9.17, 15) is 4.39 Å². The van der Waals surface area contributed by atoms with Crippen molar-refractivity contribution in [3.63, 3.8) is 0 Å². The normalized spacial score (nSPS) is 10.3. The fourth-order valence-electron chi connectivity index (χ4n) is 1.24. The molecule has 0 fully saturated rings. The topological polar surface area (TPSA) is 22.1 Å². The molecule has 1 heterocycles. The van der Waals surface area contributed by atoms with Gasteiger partial charge >= 0.3 is 0 Å². The Hall–Kier alpha value is -1.07. The summed E-state index contributed by atoms with van der Waals surface area (Å²) in [6.07, 6.45) is 0. The number of hydrogen-bond acceptors (Lipinski definition) is 4. The Bertz CT molecular complexity index is 484. The second-order valence-electron chi connectivity index (χ2n) is 2.86. The van der Waals surface area contributed by atoms with Crippen LogP contribution in [0.4, 0.5) is 4.39 Å². The molecule has 0 bridgehead atoms. The van der Waals surface area contributed by atoms with Gasteiger partial charge in [0, 0.05) is 5.38 Å². The molecule has 0 aliphatic heterocycles. The van der Waals surface area contributed by atoms with Gasteiger partial charge in [0.05, 0.1) is 12.7 Å². The fraction of sp³-hybridized carbons (Fsp3) is 0.100. The summed E-state index contributed by atoms with van der Waals surface area (Å²) < 4.78 is 18.2. The molecule has 0 atom stereocenters. The smallest absolute Gasteiger partial charge is 0.129 e. The SMILES string of the molecule is COc1ccc(F)cc1-c1nc(S)cs1. The Labute approximate surface area is 96.1 Å². The van der Waals surface area contributed by atoms with Crippen molar-refractivity contribution in [3.05, 3.63) is 29.4 Å². The number of aromatic nitrogens is 1. The summed E-state index contributed by atoms with van der Waals surface area (Å²) in [5.41, 5.74) is 0.655. The lowest BCUT2D eigenvalue weighted by Gasteiger charge is -2.05. The molecule has 0 aliphatic carbocycles. The Morgan fingerprint density at radius 1 is 1.47 bits per heavy atom. The Morgan fingerprint density at radius 2 is 2.27 bits per heavy atom. The van der Waals surface area contributed by atoms with Crippen molar-refractivity contribution < 1.29 is 9.13 Å². The first-order chi connectivity index (χ1) is 7.20. The largest absolute Gasteiger partial charge is 0.496 e. The van der Waals surface area contributed by atoms with Gasteiger partial charge in [0.15, 0.2) is 0 Å².